The van der Waals surface area contributed by atoms with E-state index in [1.807, 2.05) is 24.1 Å². The predicted octanol–water partition coefficient (Wildman–Crippen LogP) is 1.91. The van der Waals surface area contributed by atoms with E-state index < -0.39 is 0 Å². The second kappa shape index (κ2) is 6.89. The lowest BCUT2D eigenvalue weighted by molar-refractivity contribution is -0.141. The minimum atomic E-state index is -0.216. The highest BCUT2D eigenvalue weighted by atomic mass is 16.5. The van der Waals surface area contributed by atoms with Crippen molar-refractivity contribution in [2.24, 2.45) is 0 Å². The number of esters is 1. The quantitative estimate of drug-likeness (QED) is 0.750. The summed E-state index contributed by atoms with van der Waals surface area (Å²) in [6, 6.07) is 8.23. The van der Waals surface area contributed by atoms with E-state index in [1.165, 1.54) is 20.1 Å². The van der Waals surface area contributed by atoms with Crippen LogP contribution in [0.1, 0.15) is 24.8 Å². The van der Waals surface area contributed by atoms with Crippen LogP contribution in [0.15, 0.2) is 24.3 Å². The Bertz CT molecular complexity index is 559. The van der Waals surface area contributed by atoms with E-state index in [2.05, 4.69) is 17.0 Å². The van der Waals surface area contributed by atoms with Crippen molar-refractivity contribution in [3.8, 4) is 5.75 Å². The smallest absolute Gasteiger partial charge is 0.319 e. The van der Waals surface area contributed by atoms with Crippen LogP contribution in [0, 0.1) is 0 Å². The molecule has 0 amide bonds. The Morgan fingerprint density at radius 2 is 2.22 bits per heavy atom. The van der Waals surface area contributed by atoms with Gasteiger partial charge in [-0.3, -0.25) is 14.6 Å². The minimum absolute atomic E-state index is 0.00872. The molecule has 0 spiro atoms. The fraction of sp³-hybridized carbons (Fsp3) is 0.611. The highest BCUT2D eigenvalue weighted by Gasteiger charge is 2.42. The van der Waals surface area contributed by atoms with Crippen molar-refractivity contribution in [3.63, 3.8) is 0 Å². The maximum absolute atomic E-state index is 11.3. The van der Waals surface area contributed by atoms with Crippen LogP contribution in [0.3, 0.4) is 0 Å². The van der Waals surface area contributed by atoms with E-state index in [1.54, 1.807) is 0 Å². The first kappa shape index (κ1) is 16.3. The van der Waals surface area contributed by atoms with Gasteiger partial charge in [0.2, 0.25) is 0 Å². The van der Waals surface area contributed by atoms with E-state index in [-0.39, 0.29) is 11.6 Å². The maximum Gasteiger partial charge on any atom is 0.319 e. The van der Waals surface area contributed by atoms with Crippen molar-refractivity contribution in [2.45, 2.75) is 31.4 Å². The fourth-order valence-electron chi connectivity index (χ4n) is 3.69. The average molecular weight is 318 g/mol. The molecule has 2 heterocycles. The van der Waals surface area contributed by atoms with Crippen LogP contribution in [0.4, 0.5) is 0 Å². The number of likely N-dealkylation sites (N-methyl/N-ethyl adjacent to an activating group) is 1. The summed E-state index contributed by atoms with van der Waals surface area (Å²) < 4.78 is 11.1. The van der Waals surface area contributed by atoms with Gasteiger partial charge in [0.15, 0.2) is 0 Å². The van der Waals surface area contributed by atoms with E-state index in [9.17, 15) is 4.79 Å². The van der Waals surface area contributed by atoms with Crippen LogP contribution < -0.4 is 4.74 Å². The summed E-state index contributed by atoms with van der Waals surface area (Å²) in [5, 5.41) is 0. The van der Waals surface area contributed by atoms with Crippen molar-refractivity contribution in [3.05, 3.63) is 29.8 Å². The van der Waals surface area contributed by atoms with Crippen molar-refractivity contribution in [1.82, 2.24) is 9.80 Å². The molecular formula is C18H26N2O3. The molecule has 2 bridgehead atoms. The number of nitrogens with zero attached hydrogens (tertiary/aromatic N) is 2. The van der Waals surface area contributed by atoms with Crippen LogP contribution in [-0.4, -0.2) is 61.7 Å². The number of piperidine rings is 1. The first-order chi connectivity index (χ1) is 11.1. The van der Waals surface area contributed by atoms with E-state index >= 15 is 0 Å². The first-order valence-electron chi connectivity index (χ1n) is 8.34. The van der Waals surface area contributed by atoms with Gasteiger partial charge >= 0.3 is 5.97 Å². The van der Waals surface area contributed by atoms with Gasteiger partial charge in [-0.25, -0.2) is 0 Å². The first-order valence-corrected chi connectivity index (χ1v) is 8.34. The van der Waals surface area contributed by atoms with Crippen LogP contribution in [0.2, 0.25) is 0 Å². The summed E-state index contributed by atoms with van der Waals surface area (Å²) in [6.07, 6.45) is 3.50. The molecule has 2 aliphatic heterocycles. The molecule has 5 nitrogen and oxygen atoms in total. The lowest BCUT2D eigenvalue weighted by Crippen LogP contribution is -2.43. The van der Waals surface area contributed by atoms with Crippen molar-refractivity contribution in [1.29, 1.82) is 0 Å². The fourth-order valence-corrected chi connectivity index (χ4v) is 3.69. The Labute approximate surface area is 138 Å². The van der Waals surface area contributed by atoms with Crippen molar-refractivity contribution in [2.75, 3.05) is 40.3 Å². The largest absolute Gasteiger partial charge is 0.486 e. The lowest BCUT2D eigenvalue weighted by atomic mass is 9.94. The second-order valence-electron chi connectivity index (χ2n) is 6.81. The Kier molecular flexibility index (Phi) is 4.87. The molecule has 1 aromatic carbocycles. The molecule has 23 heavy (non-hydrogen) atoms. The zero-order valence-electron chi connectivity index (χ0n) is 14.1. The third-order valence-electron chi connectivity index (χ3n) is 4.81. The summed E-state index contributed by atoms with van der Waals surface area (Å²) in [5.74, 6) is 0.727. The molecule has 0 radical (unpaired) electrons. The van der Waals surface area contributed by atoms with E-state index in [0.29, 0.717) is 13.1 Å². The van der Waals surface area contributed by atoms with E-state index in [4.69, 9.17) is 9.47 Å². The maximum atomic E-state index is 11.3. The molecule has 0 aliphatic carbocycles. The predicted molar refractivity (Wildman–Crippen MR) is 88.4 cm³/mol. The van der Waals surface area contributed by atoms with Crippen LogP contribution in [0.25, 0.3) is 0 Å². The summed E-state index contributed by atoms with van der Waals surface area (Å²) in [4.78, 5) is 15.8. The van der Waals surface area contributed by atoms with Gasteiger partial charge in [0, 0.05) is 26.1 Å². The summed E-state index contributed by atoms with van der Waals surface area (Å²) >= 11 is 0. The molecule has 126 valence electrons. The Hall–Kier alpha value is -1.59. The molecule has 5 heteroatoms. The number of rotatable bonds is 6. The number of hydrogen-bond donors (Lipinski definition) is 0. The molecule has 0 aromatic heterocycles. The number of carbonyl (C=O) groups is 1. The van der Waals surface area contributed by atoms with Crippen LogP contribution >= 0.6 is 0 Å². The minimum Gasteiger partial charge on any atom is -0.486 e. The molecule has 1 aromatic rings. The Morgan fingerprint density at radius 3 is 3.04 bits per heavy atom. The molecule has 0 saturated carbocycles. The lowest BCUT2D eigenvalue weighted by Gasteiger charge is -2.34. The van der Waals surface area contributed by atoms with E-state index in [0.717, 1.165) is 37.2 Å². The molecule has 3 rings (SSSR count). The Balaban J connectivity index is 1.62. The zero-order valence-corrected chi connectivity index (χ0v) is 14.1. The number of ether oxygens (including phenoxy) is 2. The highest BCUT2D eigenvalue weighted by molar-refractivity contribution is 5.71. The normalized spacial score (nSPS) is 26.3. The number of hydrogen-bond acceptors (Lipinski definition) is 5. The summed E-state index contributed by atoms with van der Waals surface area (Å²) in [7, 11) is 3.33. The molecule has 2 saturated heterocycles. The molecule has 1 unspecified atom stereocenters. The Morgan fingerprint density at radius 1 is 1.35 bits per heavy atom. The zero-order chi connectivity index (χ0) is 16.3. The molecule has 2 aliphatic rings. The molecule has 2 atom stereocenters. The standard InChI is InChI=1S/C18H26N2O3/c1-19(13-17(21)22-2)12-15-5-3-6-16(11-15)23-18-7-4-9-20(14-18)10-8-18/h3,5-6,11H,4,7-10,12-14H2,1-2H3/t18-/m0/s1. The molecular weight excluding hydrogens is 292 g/mol. The third-order valence-corrected chi connectivity index (χ3v) is 4.81. The number of benzene rings is 1. The van der Waals surface area contributed by atoms with Crippen LogP contribution in [-0.2, 0) is 16.1 Å². The van der Waals surface area contributed by atoms with Crippen molar-refractivity contribution < 1.29 is 14.3 Å². The highest BCUT2D eigenvalue weighted by Crippen LogP contribution is 2.35. The van der Waals surface area contributed by atoms with Gasteiger partial charge in [0.05, 0.1) is 13.7 Å². The number of fused-ring (bicyclic) bond motifs is 2. The number of methoxy groups -OCH3 is 1. The van der Waals surface area contributed by atoms with Gasteiger partial charge in [-0.1, -0.05) is 12.1 Å². The third kappa shape index (κ3) is 4.03. The van der Waals surface area contributed by atoms with Gasteiger partial charge in [0.1, 0.15) is 11.4 Å². The van der Waals surface area contributed by atoms with Gasteiger partial charge < -0.3 is 9.47 Å². The monoisotopic (exact) mass is 318 g/mol. The SMILES string of the molecule is COC(=O)CN(C)Cc1cccc(O[C@@]23CCCN(CC2)C3)c1. The van der Waals surface area contributed by atoms with Gasteiger partial charge in [-0.15, -0.1) is 0 Å². The van der Waals surface area contributed by atoms with Gasteiger partial charge in [0.25, 0.3) is 0 Å². The van der Waals surface area contributed by atoms with Crippen LogP contribution in [0.5, 0.6) is 5.75 Å². The van der Waals surface area contributed by atoms with Crippen molar-refractivity contribution >= 4 is 5.97 Å². The van der Waals surface area contributed by atoms with Gasteiger partial charge in [-0.05, 0) is 44.1 Å². The average Bonchev–Trinajstić information content (AvgIpc) is 2.81. The van der Waals surface area contributed by atoms with Gasteiger partial charge in [-0.2, -0.15) is 0 Å². The topological polar surface area (TPSA) is 42.0 Å². The molecule has 0 N–H and O–H groups in total. The summed E-state index contributed by atoms with van der Waals surface area (Å²) in [5.41, 5.74) is 1.16. The summed E-state index contributed by atoms with van der Waals surface area (Å²) in [6.45, 7) is 4.41. The molecule has 2 fully saturated rings. The second-order valence-corrected chi connectivity index (χ2v) is 6.81. The number of carbonyl (C=O) groups excluding carboxylic acids is 1.